The number of aromatic nitrogens is 1. The van der Waals surface area contributed by atoms with Gasteiger partial charge in [0.1, 0.15) is 0 Å². The molecular formula is C19H21N3S. The average Bonchev–Trinajstić information content (AvgIpc) is 3.00. The van der Waals surface area contributed by atoms with Crippen LogP contribution in [0.25, 0.3) is 10.9 Å². The molecule has 4 rings (SSSR count). The van der Waals surface area contributed by atoms with Crippen LogP contribution in [0.2, 0.25) is 0 Å². The van der Waals surface area contributed by atoms with E-state index in [9.17, 15) is 0 Å². The van der Waals surface area contributed by atoms with Gasteiger partial charge in [-0.15, -0.1) is 0 Å². The van der Waals surface area contributed by atoms with Crippen LogP contribution in [0.15, 0.2) is 58.5 Å². The third kappa shape index (κ3) is 2.96. The van der Waals surface area contributed by atoms with Gasteiger partial charge in [-0.05, 0) is 30.7 Å². The summed E-state index contributed by atoms with van der Waals surface area (Å²) >= 11 is 1.86. The second-order valence-electron chi connectivity index (χ2n) is 6.01. The van der Waals surface area contributed by atoms with Crippen molar-refractivity contribution in [2.75, 3.05) is 31.1 Å². The second-order valence-corrected chi connectivity index (χ2v) is 7.09. The van der Waals surface area contributed by atoms with Crippen molar-refractivity contribution in [3.63, 3.8) is 0 Å². The van der Waals surface area contributed by atoms with Crippen molar-refractivity contribution in [2.45, 2.75) is 16.7 Å². The molecular weight excluding hydrogens is 302 g/mol. The van der Waals surface area contributed by atoms with Crippen LogP contribution in [-0.2, 0) is 0 Å². The molecule has 0 atom stereocenters. The molecule has 0 spiro atoms. The summed E-state index contributed by atoms with van der Waals surface area (Å²) in [6.07, 6.45) is 2.12. The van der Waals surface area contributed by atoms with Crippen LogP contribution in [-0.4, -0.2) is 31.2 Å². The molecule has 4 heteroatoms. The lowest BCUT2D eigenvalue weighted by Gasteiger charge is -2.31. The SMILES string of the molecule is Cc1ccc(Sc2c[nH]c3ccccc23)c(N2CCNCC2)c1. The van der Waals surface area contributed by atoms with Crippen LogP contribution in [0, 0.1) is 6.92 Å². The third-order valence-electron chi connectivity index (χ3n) is 4.34. The van der Waals surface area contributed by atoms with Crippen molar-refractivity contribution in [3.8, 4) is 0 Å². The zero-order valence-electron chi connectivity index (χ0n) is 13.3. The van der Waals surface area contributed by atoms with Gasteiger partial charge in [0.2, 0.25) is 0 Å². The molecule has 0 saturated carbocycles. The molecule has 1 aliphatic heterocycles. The van der Waals surface area contributed by atoms with Gasteiger partial charge in [0.25, 0.3) is 0 Å². The molecule has 3 aromatic rings. The monoisotopic (exact) mass is 323 g/mol. The van der Waals surface area contributed by atoms with Crippen molar-refractivity contribution < 1.29 is 0 Å². The summed E-state index contributed by atoms with van der Waals surface area (Å²) in [5.41, 5.74) is 3.88. The lowest BCUT2D eigenvalue weighted by molar-refractivity contribution is 0.587. The van der Waals surface area contributed by atoms with E-state index in [1.807, 2.05) is 11.8 Å². The summed E-state index contributed by atoms with van der Waals surface area (Å²) in [6, 6.07) is 15.3. The number of aromatic amines is 1. The predicted molar refractivity (Wildman–Crippen MR) is 98.7 cm³/mol. The Kier molecular flexibility index (Phi) is 4.02. The minimum Gasteiger partial charge on any atom is -0.368 e. The number of fused-ring (bicyclic) bond motifs is 1. The van der Waals surface area contributed by atoms with Crippen molar-refractivity contribution in [2.24, 2.45) is 0 Å². The van der Waals surface area contributed by atoms with E-state index in [1.54, 1.807) is 0 Å². The number of nitrogens with one attached hydrogen (secondary N) is 2. The zero-order valence-corrected chi connectivity index (χ0v) is 14.1. The highest BCUT2D eigenvalue weighted by Gasteiger charge is 2.16. The van der Waals surface area contributed by atoms with Gasteiger partial charge in [-0.2, -0.15) is 0 Å². The van der Waals surface area contributed by atoms with Gasteiger partial charge >= 0.3 is 0 Å². The number of para-hydroxylation sites is 1. The van der Waals surface area contributed by atoms with Crippen molar-refractivity contribution in [1.82, 2.24) is 10.3 Å². The Bertz CT molecular complexity index is 818. The average molecular weight is 323 g/mol. The molecule has 0 bridgehead atoms. The number of hydrogen-bond donors (Lipinski definition) is 2. The van der Waals surface area contributed by atoms with Gasteiger partial charge in [-0.25, -0.2) is 0 Å². The Balaban J connectivity index is 1.71. The Hall–Kier alpha value is -1.91. The van der Waals surface area contributed by atoms with E-state index in [1.165, 1.54) is 31.9 Å². The van der Waals surface area contributed by atoms with Gasteiger partial charge in [0.15, 0.2) is 0 Å². The first-order valence-electron chi connectivity index (χ1n) is 8.11. The molecule has 1 saturated heterocycles. The molecule has 118 valence electrons. The fraction of sp³-hybridized carbons (Fsp3) is 0.263. The minimum absolute atomic E-state index is 1.06. The largest absolute Gasteiger partial charge is 0.368 e. The topological polar surface area (TPSA) is 31.1 Å². The summed E-state index contributed by atoms with van der Waals surface area (Å²) in [4.78, 5) is 8.50. The zero-order chi connectivity index (χ0) is 15.6. The van der Waals surface area contributed by atoms with E-state index in [-0.39, 0.29) is 0 Å². The Morgan fingerprint density at radius 3 is 2.70 bits per heavy atom. The van der Waals surface area contributed by atoms with E-state index in [4.69, 9.17) is 0 Å². The molecule has 3 nitrogen and oxygen atoms in total. The van der Waals surface area contributed by atoms with E-state index >= 15 is 0 Å². The summed E-state index contributed by atoms with van der Waals surface area (Å²) in [6.45, 7) is 6.44. The minimum atomic E-state index is 1.06. The van der Waals surface area contributed by atoms with Crippen LogP contribution in [0.5, 0.6) is 0 Å². The fourth-order valence-electron chi connectivity index (χ4n) is 3.11. The number of nitrogens with zero attached hydrogens (tertiary/aromatic N) is 1. The fourth-order valence-corrected chi connectivity index (χ4v) is 4.19. The maximum Gasteiger partial charge on any atom is 0.0511 e. The molecule has 2 N–H and O–H groups in total. The number of H-pyrrole nitrogens is 1. The highest BCUT2D eigenvalue weighted by atomic mass is 32.2. The van der Waals surface area contributed by atoms with Crippen LogP contribution in [0.1, 0.15) is 5.56 Å². The van der Waals surface area contributed by atoms with Crippen LogP contribution in [0.4, 0.5) is 5.69 Å². The molecule has 0 amide bonds. The van der Waals surface area contributed by atoms with Gasteiger partial charge in [0.05, 0.1) is 5.69 Å². The Labute approximate surface area is 141 Å². The summed E-state index contributed by atoms with van der Waals surface area (Å²) in [5, 5.41) is 4.73. The standard InChI is InChI=1S/C19H21N3S/c1-14-6-7-18(17(12-14)22-10-8-20-9-11-22)23-19-13-21-16-5-3-2-4-15(16)19/h2-7,12-13,20-21H,8-11H2,1H3. The van der Waals surface area contributed by atoms with Gasteiger partial charge in [0, 0.05) is 53.1 Å². The molecule has 2 aromatic carbocycles. The molecule has 1 aromatic heterocycles. The van der Waals surface area contributed by atoms with Gasteiger partial charge in [-0.1, -0.05) is 36.0 Å². The van der Waals surface area contributed by atoms with Gasteiger partial charge in [-0.3, -0.25) is 0 Å². The maximum absolute atomic E-state index is 3.43. The Morgan fingerprint density at radius 1 is 1.00 bits per heavy atom. The van der Waals surface area contributed by atoms with Crippen LogP contribution < -0.4 is 10.2 Å². The number of aryl methyl sites for hydroxylation is 1. The molecule has 1 fully saturated rings. The first-order chi connectivity index (χ1) is 11.3. The van der Waals surface area contributed by atoms with Crippen LogP contribution >= 0.6 is 11.8 Å². The second kappa shape index (κ2) is 6.30. The first kappa shape index (κ1) is 14.7. The highest BCUT2D eigenvalue weighted by Crippen LogP contribution is 2.39. The van der Waals surface area contributed by atoms with Crippen molar-refractivity contribution >= 4 is 28.4 Å². The summed E-state index contributed by atoms with van der Waals surface area (Å²) in [7, 11) is 0. The molecule has 0 radical (unpaired) electrons. The molecule has 23 heavy (non-hydrogen) atoms. The summed E-state index contributed by atoms with van der Waals surface area (Å²) < 4.78 is 0. The predicted octanol–water partition coefficient (Wildman–Crippen LogP) is 4.04. The Morgan fingerprint density at radius 2 is 1.83 bits per heavy atom. The first-order valence-corrected chi connectivity index (χ1v) is 8.93. The van der Waals surface area contributed by atoms with Crippen molar-refractivity contribution in [1.29, 1.82) is 0 Å². The number of rotatable bonds is 3. The lowest BCUT2D eigenvalue weighted by atomic mass is 10.2. The molecule has 0 aliphatic carbocycles. The third-order valence-corrected chi connectivity index (χ3v) is 5.47. The number of anilines is 1. The quantitative estimate of drug-likeness (QED) is 0.763. The van der Waals surface area contributed by atoms with E-state index < -0.39 is 0 Å². The molecule has 0 unspecified atom stereocenters. The normalized spacial score (nSPS) is 15.3. The lowest BCUT2D eigenvalue weighted by Crippen LogP contribution is -2.43. The van der Waals surface area contributed by atoms with Crippen molar-refractivity contribution in [3.05, 3.63) is 54.2 Å². The number of benzene rings is 2. The molecule has 1 aliphatic rings. The van der Waals surface area contributed by atoms with E-state index in [2.05, 4.69) is 70.8 Å². The number of hydrogen-bond acceptors (Lipinski definition) is 3. The van der Waals surface area contributed by atoms with E-state index in [0.717, 1.165) is 26.2 Å². The highest BCUT2D eigenvalue weighted by molar-refractivity contribution is 7.99. The summed E-state index contributed by atoms with van der Waals surface area (Å²) in [5.74, 6) is 0. The van der Waals surface area contributed by atoms with Gasteiger partial charge < -0.3 is 15.2 Å². The number of piperazine rings is 1. The van der Waals surface area contributed by atoms with E-state index in [0.29, 0.717) is 0 Å². The maximum atomic E-state index is 3.43. The van der Waals surface area contributed by atoms with Crippen LogP contribution in [0.3, 0.4) is 0 Å². The molecule has 2 heterocycles. The smallest absolute Gasteiger partial charge is 0.0511 e.